The third-order valence-electron chi connectivity index (χ3n) is 4.30. The van der Waals surface area contributed by atoms with E-state index < -0.39 is 10.0 Å². The molecule has 0 atom stereocenters. The van der Waals surface area contributed by atoms with Crippen LogP contribution < -0.4 is 4.90 Å². The Balaban J connectivity index is 1.77. The van der Waals surface area contributed by atoms with Crippen molar-refractivity contribution in [1.29, 1.82) is 0 Å². The maximum absolute atomic E-state index is 12.1. The average Bonchev–Trinajstić information content (AvgIpc) is 2.95. The highest BCUT2D eigenvalue weighted by atomic mass is 32.2. The lowest BCUT2D eigenvalue weighted by Crippen LogP contribution is -2.28. The summed E-state index contributed by atoms with van der Waals surface area (Å²) in [7, 11) is 1.57. The van der Waals surface area contributed by atoms with Crippen LogP contribution in [-0.2, 0) is 23.1 Å². The van der Waals surface area contributed by atoms with Gasteiger partial charge in [-0.2, -0.15) is 0 Å². The second-order valence-electron chi connectivity index (χ2n) is 6.27. The van der Waals surface area contributed by atoms with Crippen LogP contribution in [0.5, 0.6) is 0 Å². The Morgan fingerprint density at radius 1 is 1.12 bits per heavy atom. The normalized spacial score (nSPS) is 16.2. The highest BCUT2D eigenvalue weighted by molar-refractivity contribution is 7.88. The van der Waals surface area contributed by atoms with Crippen molar-refractivity contribution in [3.8, 4) is 0 Å². The number of anilines is 1. The van der Waals surface area contributed by atoms with E-state index in [9.17, 15) is 8.42 Å². The summed E-state index contributed by atoms with van der Waals surface area (Å²) in [6.45, 7) is 3.21. The van der Waals surface area contributed by atoms with Crippen LogP contribution in [0.15, 0.2) is 45.9 Å². The van der Waals surface area contributed by atoms with Crippen LogP contribution in [0.25, 0.3) is 0 Å². The summed E-state index contributed by atoms with van der Waals surface area (Å²) in [5.74, 6) is 0.664. The molecule has 2 heterocycles. The number of para-hydroxylation sites is 1. The Hall–Kier alpha value is -1.83. The van der Waals surface area contributed by atoms with Gasteiger partial charge in [-0.3, -0.25) is 4.90 Å². The van der Waals surface area contributed by atoms with Gasteiger partial charge in [0.1, 0.15) is 5.76 Å². The lowest BCUT2D eigenvalue weighted by atomic mass is 10.1. The molecule has 1 aliphatic heterocycles. The molecule has 0 bridgehead atoms. The number of furan rings is 1. The minimum Gasteiger partial charge on any atom is -0.447 e. The zero-order chi connectivity index (χ0) is 17.3. The van der Waals surface area contributed by atoms with Gasteiger partial charge in [0, 0.05) is 46.5 Å². The predicted molar refractivity (Wildman–Crippen MR) is 93.4 cm³/mol. The third kappa shape index (κ3) is 3.33. The second-order valence-corrected chi connectivity index (χ2v) is 8.35. The number of rotatable bonds is 4. The minimum atomic E-state index is -3.52. The maximum atomic E-state index is 12.1. The van der Waals surface area contributed by atoms with Gasteiger partial charge in [0.05, 0.1) is 6.54 Å². The van der Waals surface area contributed by atoms with Crippen LogP contribution in [0.3, 0.4) is 0 Å². The molecule has 24 heavy (non-hydrogen) atoms. The summed E-state index contributed by atoms with van der Waals surface area (Å²) in [6.07, 6.45) is 0. The maximum Gasteiger partial charge on any atom is 0.275 e. The Morgan fingerprint density at radius 3 is 2.62 bits per heavy atom. The van der Waals surface area contributed by atoms with Gasteiger partial charge < -0.3 is 9.32 Å². The van der Waals surface area contributed by atoms with E-state index in [-0.39, 0.29) is 5.09 Å². The Labute approximate surface area is 143 Å². The molecule has 130 valence electrons. The molecule has 7 heteroatoms. The fraction of sp³-hybridized carbons (Fsp3) is 0.412. The number of likely N-dealkylation sites (N-methyl/N-ethyl adjacent to an activating group) is 1. The van der Waals surface area contributed by atoms with Crippen LogP contribution in [0, 0.1) is 0 Å². The number of sulfonamides is 1. The largest absolute Gasteiger partial charge is 0.447 e. The number of nitrogens with zero attached hydrogens (tertiary/aromatic N) is 3. The average molecular weight is 349 g/mol. The topological polar surface area (TPSA) is 57.0 Å². The van der Waals surface area contributed by atoms with E-state index in [0.29, 0.717) is 12.3 Å². The Bertz CT molecular complexity index is 814. The molecule has 0 aliphatic carbocycles. The molecule has 6 nitrogen and oxygen atoms in total. The fourth-order valence-corrected chi connectivity index (χ4v) is 3.68. The molecule has 0 saturated carbocycles. The summed E-state index contributed by atoms with van der Waals surface area (Å²) in [4.78, 5) is 4.52. The van der Waals surface area contributed by atoms with Gasteiger partial charge in [-0.1, -0.05) is 18.2 Å². The van der Waals surface area contributed by atoms with Crippen molar-refractivity contribution < 1.29 is 12.8 Å². The van der Waals surface area contributed by atoms with Gasteiger partial charge in [0.15, 0.2) is 0 Å². The van der Waals surface area contributed by atoms with E-state index in [0.717, 1.165) is 23.9 Å². The SMILES string of the molecule is CN1CCN(Cc2ccc(S(=O)(=O)N(C)C)o2)Cc2ccccc21. The monoisotopic (exact) mass is 349 g/mol. The summed E-state index contributed by atoms with van der Waals surface area (Å²) in [6, 6.07) is 11.6. The molecule has 0 unspecified atom stereocenters. The van der Waals surface area contributed by atoms with Gasteiger partial charge in [-0.15, -0.1) is 0 Å². The van der Waals surface area contributed by atoms with Crippen molar-refractivity contribution in [3.05, 3.63) is 47.7 Å². The van der Waals surface area contributed by atoms with E-state index in [4.69, 9.17) is 4.42 Å². The van der Waals surface area contributed by atoms with Crippen molar-refractivity contribution in [2.75, 3.05) is 39.1 Å². The predicted octanol–water partition coefficient (Wildman–Crippen LogP) is 1.98. The van der Waals surface area contributed by atoms with E-state index in [1.54, 1.807) is 6.07 Å². The standard InChI is InChI=1S/C17H23N3O3S/c1-18(2)24(21,22)17-9-8-15(23-17)13-20-11-10-19(3)16-7-5-4-6-14(16)12-20/h4-9H,10-13H2,1-3H3. The molecule has 1 aromatic heterocycles. The molecule has 0 spiro atoms. The number of fused-ring (bicyclic) bond motifs is 1. The van der Waals surface area contributed by atoms with E-state index >= 15 is 0 Å². The van der Waals surface area contributed by atoms with Gasteiger partial charge in [0.25, 0.3) is 10.0 Å². The molecule has 0 fully saturated rings. The third-order valence-corrected chi connectivity index (χ3v) is 5.99. The lowest BCUT2D eigenvalue weighted by Gasteiger charge is -2.19. The molecule has 0 amide bonds. The van der Waals surface area contributed by atoms with Crippen LogP contribution >= 0.6 is 0 Å². The molecule has 3 rings (SSSR count). The van der Waals surface area contributed by atoms with Crippen molar-refractivity contribution in [2.24, 2.45) is 0 Å². The first-order valence-electron chi connectivity index (χ1n) is 7.90. The van der Waals surface area contributed by atoms with Gasteiger partial charge in [-0.05, 0) is 23.8 Å². The van der Waals surface area contributed by atoms with Crippen molar-refractivity contribution in [2.45, 2.75) is 18.2 Å². The first-order valence-corrected chi connectivity index (χ1v) is 9.34. The highest BCUT2D eigenvalue weighted by Gasteiger charge is 2.23. The zero-order valence-electron chi connectivity index (χ0n) is 14.3. The first-order chi connectivity index (χ1) is 11.4. The molecule has 0 saturated heterocycles. The molecule has 1 aliphatic rings. The second kappa shape index (κ2) is 6.58. The summed E-state index contributed by atoms with van der Waals surface area (Å²) in [5, 5.41) is -0.00478. The first kappa shape index (κ1) is 17.0. The van der Waals surface area contributed by atoms with Gasteiger partial charge in [0.2, 0.25) is 5.09 Å². The van der Waals surface area contributed by atoms with E-state index in [1.807, 2.05) is 6.07 Å². The van der Waals surface area contributed by atoms with Crippen LogP contribution in [-0.4, -0.2) is 51.9 Å². The Morgan fingerprint density at radius 2 is 1.88 bits per heavy atom. The zero-order valence-corrected chi connectivity index (χ0v) is 15.1. The number of hydrogen-bond acceptors (Lipinski definition) is 5. The number of hydrogen-bond donors (Lipinski definition) is 0. The highest BCUT2D eigenvalue weighted by Crippen LogP contribution is 2.25. The van der Waals surface area contributed by atoms with Crippen molar-refractivity contribution in [3.63, 3.8) is 0 Å². The lowest BCUT2D eigenvalue weighted by molar-refractivity contribution is 0.237. The molecular formula is C17H23N3O3S. The number of benzene rings is 1. The van der Waals surface area contributed by atoms with E-state index in [2.05, 4.69) is 35.0 Å². The van der Waals surface area contributed by atoms with Gasteiger partial charge in [-0.25, -0.2) is 12.7 Å². The van der Waals surface area contributed by atoms with E-state index in [1.165, 1.54) is 31.4 Å². The van der Waals surface area contributed by atoms with Gasteiger partial charge >= 0.3 is 0 Å². The summed E-state index contributed by atoms with van der Waals surface area (Å²) < 4.78 is 31.0. The molecule has 0 N–H and O–H groups in total. The molecule has 1 aromatic carbocycles. The van der Waals surface area contributed by atoms with Crippen molar-refractivity contribution >= 4 is 15.7 Å². The smallest absolute Gasteiger partial charge is 0.275 e. The molecular weight excluding hydrogens is 326 g/mol. The van der Waals surface area contributed by atoms with Crippen LogP contribution in [0.2, 0.25) is 0 Å². The minimum absolute atomic E-state index is 0.00478. The summed E-state index contributed by atoms with van der Waals surface area (Å²) >= 11 is 0. The Kier molecular flexibility index (Phi) is 4.67. The van der Waals surface area contributed by atoms with Crippen molar-refractivity contribution in [1.82, 2.24) is 9.21 Å². The fourth-order valence-electron chi connectivity index (χ4n) is 2.87. The quantitative estimate of drug-likeness (QED) is 0.845. The summed E-state index contributed by atoms with van der Waals surface area (Å²) in [5.41, 5.74) is 2.51. The molecule has 0 radical (unpaired) electrons. The van der Waals surface area contributed by atoms with Crippen LogP contribution in [0.1, 0.15) is 11.3 Å². The molecule has 2 aromatic rings. The van der Waals surface area contributed by atoms with Crippen LogP contribution in [0.4, 0.5) is 5.69 Å².